The van der Waals surface area contributed by atoms with Crippen LogP contribution in [0.4, 0.5) is 0 Å². The van der Waals surface area contributed by atoms with Gasteiger partial charge in [-0.1, -0.05) is 6.92 Å². The van der Waals surface area contributed by atoms with Crippen LogP contribution in [-0.4, -0.2) is 22.0 Å². The van der Waals surface area contributed by atoms with Crippen molar-refractivity contribution in [3.8, 4) is 5.75 Å². The molecule has 0 atom stereocenters. The lowest BCUT2D eigenvalue weighted by Crippen LogP contribution is -2.24. The molecule has 112 valence electrons. The van der Waals surface area contributed by atoms with Crippen LogP contribution < -0.4 is 10.4 Å². The molecule has 2 rings (SSSR count). The van der Waals surface area contributed by atoms with Gasteiger partial charge in [0.05, 0.1) is 13.7 Å². The van der Waals surface area contributed by atoms with E-state index in [0.717, 1.165) is 12.0 Å². The third kappa shape index (κ3) is 3.24. The largest absolute Gasteiger partial charge is 0.496 e. The number of aromatic nitrogens is 2. The number of hydrogen-bond donors (Lipinski definition) is 0. The van der Waals surface area contributed by atoms with Gasteiger partial charge < -0.3 is 4.74 Å². The van der Waals surface area contributed by atoms with E-state index < -0.39 is 0 Å². The molecule has 0 saturated heterocycles. The highest BCUT2D eigenvalue weighted by Gasteiger charge is 2.10. The zero-order valence-electron chi connectivity index (χ0n) is 12.6. The van der Waals surface area contributed by atoms with Gasteiger partial charge in [0.2, 0.25) is 0 Å². The third-order valence-corrected chi connectivity index (χ3v) is 3.41. The summed E-state index contributed by atoms with van der Waals surface area (Å²) in [5.74, 6) is 0.671. The van der Waals surface area contributed by atoms with E-state index in [2.05, 4.69) is 0 Å². The SMILES string of the molecule is CCCn1ccn(Cc2cc(C(C)=O)ccc2OC)c1=O. The average Bonchev–Trinajstić information content (AvgIpc) is 2.80. The van der Waals surface area contributed by atoms with Crippen LogP contribution in [0.5, 0.6) is 5.75 Å². The summed E-state index contributed by atoms with van der Waals surface area (Å²) in [5, 5.41) is 0. The molecule has 5 nitrogen and oxygen atoms in total. The van der Waals surface area contributed by atoms with Gasteiger partial charge in [-0.3, -0.25) is 13.9 Å². The second-order valence-electron chi connectivity index (χ2n) is 4.98. The molecule has 0 amide bonds. The fourth-order valence-corrected chi connectivity index (χ4v) is 2.29. The Labute approximate surface area is 123 Å². The molecule has 0 aliphatic heterocycles. The van der Waals surface area contributed by atoms with Crippen LogP contribution in [0.1, 0.15) is 36.2 Å². The number of ether oxygens (including phenoxy) is 1. The summed E-state index contributed by atoms with van der Waals surface area (Å²) in [6, 6.07) is 5.28. The molecule has 21 heavy (non-hydrogen) atoms. The molecular weight excluding hydrogens is 268 g/mol. The zero-order valence-corrected chi connectivity index (χ0v) is 12.6. The average molecular weight is 288 g/mol. The molecular formula is C16H20N2O3. The number of hydrogen-bond acceptors (Lipinski definition) is 3. The molecule has 0 unspecified atom stereocenters. The fourth-order valence-electron chi connectivity index (χ4n) is 2.29. The summed E-state index contributed by atoms with van der Waals surface area (Å²) in [5.41, 5.74) is 1.39. The Morgan fingerprint density at radius 1 is 1.24 bits per heavy atom. The van der Waals surface area contributed by atoms with E-state index in [0.29, 0.717) is 24.4 Å². The Balaban J connectivity index is 2.36. The van der Waals surface area contributed by atoms with E-state index in [4.69, 9.17) is 4.74 Å². The number of carbonyl (C=O) groups is 1. The van der Waals surface area contributed by atoms with Crippen LogP contribution in [0, 0.1) is 0 Å². The minimum absolute atomic E-state index is 0.00481. The summed E-state index contributed by atoms with van der Waals surface area (Å²) < 4.78 is 8.62. The van der Waals surface area contributed by atoms with Crippen LogP contribution in [0.15, 0.2) is 35.4 Å². The summed E-state index contributed by atoms with van der Waals surface area (Å²) in [7, 11) is 1.58. The van der Waals surface area contributed by atoms with Crippen LogP contribution in [-0.2, 0) is 13.1 Å². The Hall–Kier alpha value is -2.30. The monoisotopic (exact) mass is 288 g/mol. The first-order valence-corrected chi connectivity index (χ1v) is 7.00. The lowest BCUT2D eigenvalue weighted by molar-refractivity contribution is 0.101. The molecule has 0 aliphatic carbocycles. The van der Waals surface area contributed by atoms with Gasteiger partial charge in [-0.2, -0.15) is 0 Å². The van der Waals surface area contributed by atoms with Gasteiger partial charge in [-0.25, -0.2) is 4.79 Å². The quantitative estimate of drug-likeness (QED) is 0.767. The van der Waals surface area contributed by atoms with Gasteiger partial charge in [-0.05, 0) is 31.5 Å². The Morgan fingerprint density at radius 2 is 1.95 bits per heavy atom. The van der Waals surface area contributed by atoms with E-state index >= 15 is 0 Å². The topological polar surface area (TPSA) is 53.2 Å². The lowest BCUT2D eigenvalue weighted by Gasteiger charge is -2.10. The summed E-state index contributed by atoms with van der Waals surface area (Å²) in [6.45, 7) is 4.65. The Bertz CT molecular complexity index is 698. The highest BCUT2D eigenvalue weighted by Crippen LogP contribution is 2.21. The predicted octanol–water partition coefficient (Wildman–Crippen LogP) is 2.32. The molecule has 1 heterocycles. The molecule has 0 radical (unpaired) electrons. The second kappa shape index (κ2) is 6.43. The minimum Gasteiger partial charge on any atom is -0.496 e. The van der Waals surface area contributed by atoms with Crippen molar-refractivity contribution in [1.82, 2.24) is 9.13 Å². The maximum atomic E-state index is 12.2. The van der Waals surface area contributed by atoms with Gasteiger partial charge >= 0.3 is 5.69 Å². The van der Waals surface area contributed by atoms with Crippen LogP contribution >= 0.6 is 0 Å². The van der Waals surface area contributed by atoms with Gasteiger partial charge in [0.25, 0.3) is 0 Å². The maximum Gasteiger partial charge on any atom is 0.328 e. The number of carbonyl (C=O) groups excluding carboxylic acids is 1. The molecule has 1 aromatic heterocycles. The lowest BCUT2D eigenvalue weighted by atomic mass is 10.1. The number of imidazole rings is 1. The molecule has 0 spiro atoms. The van der Waals surface area contributed by atoms with Crippen molar-refractivity contribution in [2.45, 2.75) is 33.4 Å². The molecule has 0 N–H and O–H groups in total. The first kappa shape index (κ1) is 15.1. The van der Waals surface area contributed by atoms with E-state index in [-0.39, 0.29) is 11.5 Å². The number of Topliss-reactive ketones (excluding diaryl/α,β-unsaturated/α-hetero) is 1. The molecule has 2 aromatic rings. The second-order valence-corrected chi connectivity index (χ2v) is 4.98. The minimum atomic E-state index is -0.0490. The van der Waals surface area contributed by atoms with Crippen molar-refractivity contribution < 1.29 is 9.53 Å². The van der Waals surface area contributed by atoms with E-state index in [1.807, 2.05) is 6.92 Å². The van der Waals surface area contributed by atoms with Crippen molar-refractivity contribution in [2.75, 3.05) is 7.11 Å². The number of aryl methyl sites for hydroxylation is 1. The maximum absolute atomic E-state index is 12.2. The summed E-state index contributed by atoms with van der Waals surface area (Å²) >= 11 is 0. The predicted molar refractivity (Wildman–Crippen MR) is 81.1 cm³/mol. The van der Waals surface area contributed by atoms with Gasteiger partial charge in [0, 0.05) is 30.1 Å². The normalized spacial score (nSPS) is 10.6. The Kier molecular flexibility index (Phi) is 4.62. The van der Waals surface area contributed by atoms with E-state index in [1.54, 1.807) is 46.8 Å². The third-order valence-electron chi connectivity index (χ3n) is 3.41. The highest BCUT2D eigenvalue weighted by molar-refractivity contribution is 5.94. The van der Waals surface area contributed by atoms with Crippen LogP contribution in [0.25, 0.3) is 0 Å². The number of methoxy groups -OCH3 is 1. The van der Waals surface area contributed by atoms with Crippen molar-refractivity contribution in [1.29, 1.82) is 0 Å². The number of nitrogens with zero attached hydrogens (tertiary/aromatic N) is 2. The smallest absolute Gasteiger partial charge is 0.328 e. The first-order valence-electron chi connectivity index (χ1n) is 7.00. The van der Waals surface area contributed by atoms with Crippen molar-refractivity contribution in [3.63, 3.8) is 0 Å². The number of benzene rings is 1. The summed E-state index contributed by atoms with van der Waals surface area (Å²) in [6.07, 6.45) is 4.46. The van der Waals surface area contributed by atoms with Crippen molar-refractivity contribution >= 4 is 5.78 Å². The van der Waals surface area contributed by atoms with Crippen LogP contribution in [0.3, 0.4) is 0 Å². The van der Waals surface area contributed by atoms with Crippen molar-refractivity contribution in [2.24, 2.45) is 0 Å². The molecule has 1 aromatic carbocycles. The molecule has 0 fully saturated rings. The van der Waals surface area contributed by atoms with E-state index in [9.17, 15) is 9.59 Å². The first-order chi connectivity index (χ1) is 10.1. The van der Waals surface area contributed by atoms with Crippen LogP contribution in [0.2, 0.25) is 0 Å². The van der Waals surface area contributed by atoms with E-state index in [1.165, 1.54) is 6.92 Å². The van der Waals surface area contributed by atoms with Crippen molar-refractivity contribution in [3.05, 3.63) is 52.2 Å². The molecule has 0 bridgehead atoms. The Morgan fingerprint density at radius 3 is 2.57 bits per heavy atom. The van der Waals surface area contributed by atoms with Gasteiger partial charge in [0.1, 0.15) is 5.75 Å². The molecule has 0 aliphatic rings. The molecule has 5 heteroatoms. The molecule has 0 saturated carbocycles. The zero-order chi connectivity index (χ0) is 15.4. The highest BCUT2D eigenvalue weighted by atomic mass is 16.5. The number of ketones is 1. The summed E-state index contributed by atoms with van der Waals surface area (Å²) in [4.78, 5) is 23.7. The van der Waals surface area contributed by atoms with Gasteiger partial charge in [0.15, 0.2) is 5.78 Å². The van der Waals surface area contributed by atoms with Gasteiger partial charge in [-0.15, -0.1) is 0 Å². The fraction of sp³-hybridized carbons (Fsp3) is 0.375. The standard InChI is InChI=1S/C16H20N2O3/c1-4-7-17-8-9-18(16(17)20)11-14-10-13(12(2)19)5-6-15(14)21-3/h5-6,8-10H,4,7,11H2,1-3H3. The number of rotatable bonds is 6.